The predicted octanol–water partition coefficient (Wildman–Crippen LogP) is 4.97. The third-order valence-corrected chi connectivity index (χ3v) is 3.69. The van der Waals surface area contributed by atoms with Gasteiger partial charge in [0, 0.05) is 12.2 Å². The van der Waals surface area contributed by atoms with E-state index in [0.29, 0.717) is 0 Å². The molecular weight excluding hydrogens is 267 g/mol. The maximum atomic E-state index is 12.0. The molecule has 0 unspecified atom stereocenters. The molecule has 1 saturated carbocycles. The molecule has 0 spiro atoms. The molecule has 0 atom stereocenters. The van der Waals surface area contributed by atoms with Gasteiger partial charge in [-0.2, -0.15) is 0 Å². The van der Waals surface area contributed by atoms with Crippen molar-refractivity contribution < 1.29 is 17.9 Å². The second-order valence-electron chi connectivity index (χ2n) is 5.29. The Morgan fingerprint density at radius 1 is 1.05 bits per heavy atom. The second-order valence-corrected chi connectivity index (χ2v) is 5.29. The first-order chi connectivity index (χ1) is 9.53. The van der Waals surface area contributed by atoms with Crippen LogP contribution in [0.5, 0.6) is 5.75 Å². The molecule has 1 aliphatic carbocycles. The van der Waals surface area contributed by atoms with Crippen molar-refractivity contribution in [2.75, 3.05) is 11.9 Å². The highest BCUT2D eigenvalue weighted by molar-refractivity contribution is 5.46. The molecule has 1 aromatic carbocycles. The Balaban J connectivity index is 1.73. The number of anilines is 1. The smallest absolute Gasteiger partial charge is 0.406 e. The van der Waals surface area contributed by atoms with Crippen molar-refractivity contribution in [3.05, 3.63) is 24.3 Å². The summed E-state index contributed by atoms with van der Waals surface area (Å²) < 4.78 is 39.9. The van der Waals surface area contributed by atoms with Crippen LogP contribution in [0.3, 0.4) is 0 Å². The van der Waals surface area contributed by atoms with Gasteiger partial charge in [-0.25, -0.2) is 0 Å². The van der Waals surface area contributed by atoms with E-state index in [2.05, 4.69) is 10.1 Å². The summed E-state index contributed by atoms with van der Waals surface area (Å²) in [4.78, 5) is 0. The van der Waals surface area contributed by atoms with E-state index in [-0.39, 0.29) is 5.75 Å². The van der Waals surface area contributed by atoms with E-state index in [0.717, 1.165) is 24.6 Å². The zero-order valence-electron chi connectivity index (χ0n) is 11.4. The molecule has 2 nitrogen and oxygen atoms in total. The number of nitrogens with one attached hydrogen (secondary N) is 1. The lowest BCUT2D eigenvalue weighted by molar-refractivity contribution is -0.274. The fourth-order valence-electron chi connectivity index (χ4n) is 2.67. The average molecular weight is 287 g/mol. The third-order valence-electron chi connectivity index (χ3n) is 3.69. The highest BCUT2D eigenvalue weighted by Gasteiger charge is 2.30. The number of benzene rings is 1. The van der Waals surface area contributed by atoms with Crippen LogP contribution in [-0.2, 0) is 0 Å². The van der Waals surface area contributed by atoms with E-state index in [1.807, 2.05) is 0 Å². The van der Waals surface area contributed by atoms with E-state index >= 15 is 0 Å². The lowest BCUT2D eigenvalue weighted by atomic mass is 9.87. The van der Waals surface area contributed by atoms with Gasteiger partial charge >= 0.3 is 6.36 Å². The zero-order chi connectivity index (χ0) is 14.4. The second kappa shape index (κ2) is 6.86. The lowest BCUT2D eigenvalue weighted by Crippen LogP contribution is -2.17. The van der Waals surface area contributed by atoms with Crippen molar-refractivity contribution in [3.8, 4) is 5.75 Å². The SMILES string of the molecule is FC(F)(F)Oc1ccc(NCCC2CCCCC2)cc1. The summed E-state index contributed by atoms with van der Waals surface area (Å²) in [5.41, 5.74) is 0.829. The lowest BCUT2D eigenvalue weighted by Gasteiger charge is -2.21. The predicted molar refractivity (Wildman–Crippen MR) is 72.8 cm³/mol. The Bertz CT molecular complexity index is 397. The van der Waals surface area contributed by atoms with Gasteiger partial charge in [0.05, 0.1) is 0 Å². The van der Waals surface area contributed by atoms with E-state index in [1.54, 1.807) is 12.1 Å². The molecule has 0 saturated heterocycles. The fourth-order valence-corrected chi connectivity index (χ4v) is 2.67. The number of hydrogen-bond donors (Lipinski definition) is 1. The summed E-state index contributed by atoms with van der Waals surface area (Å²) >= 11 is 0. The van der Waals surface area contributed by atoms with Crippen LogP contribution in [0.1, 0.15) is 38.5 Å². The molecular formula is C15H20F3NO. The highest BCUT2D eigenvalue weighted by Crippen LogP contribution is 2.27. The summed E-state index contributed by atoms with van der Waals surface area (Å²) in [7, 11) is 0. The van der Waals surface area contributed by atoms with E-state index in [1.165, 1.54) is 44.2 Å². The number of halogens is 3. The normalized spacial score (nSPS) is 16.9. The maximum Gasteiger partial charge on any atom is 0.573 e. The molecule has 0 aromatic heterocycles. The topological polar surface area (TPSA) is 21.3 Å². The number of hydrogen-bond acceptors (Lipinski definition) is 2. The Kier molecular flexibility index (Phi) is 5.15. The Labute approximate surface area is 117 Å². The van der Waals surface area contributed by atoms with Crippen LogP contribution >= 0.6 is 0 Å². The van der Waals surface area contributed by atoms with Crippen LogP contribution < -0.4 is 10.1 Å². The largest absolute Gasteiger partial charge is 0.573 e. The number of ether oxygens (including phenoxy) is 1. The Hall–Kier alpha value is -1.39. The van der Waals surface area contributed by atoms with Crippen molar-refractivity contribution >= 4 is 5.69 Å². The maximum absolute atomic E-state index is 12.0. The minimum absolute atomic E-state index is 0.185. The molecule has 0 amide bonds. The van der Waals surface area contributed by atoms with Crippen molar-refractivity contribution in [3.63, 3.8) is 0 Å². The zero-order valence-corrected chi connectivity index (χ0v) is 11.4. The number of rotatable bonds is 5. The van der Waals surface area contributed by atoms with Gasteiger partial charge in [-0.15, -0.1) is 13.2 Å². The van der Waals surface area contributed by atoms with Crippen LogP contribution in [0, 0.1) is 5.92 Å². The molecule has 0 bridgehead atoms. The summed E-state index contributed by atoms with van der Waals surface area (Å²) in [5, 5.41) is 3.25. The molecule has 1 fully saturated rings. The van der Waals surface area contributed by atoms with Gasteiger partial charge in [0.1, 0.15) is 5.75 Å². The first-order valence-electron chi connectivity index (χ1n) is 7.12. The van der Waals surface area contributed by atoms with Crippen molar-refractivity contribution in [2.45, 2.75) is 44.9 Å². The van der Waals surface area contributed by atoms with Crippen LogP contribution in [0.25, 0.3) is 0 Å². The van der Waals surface area contributed by atoms with E-state index in [4.69, 9.17) is 0 Å². The first-order valence-corrected chi connectivity index (χ1v) is 7.12. The Morgan fingerprint density at radius 3 is 2.30 bits per heavy atom. The first kappa shape index (κ1) is 15.0. The molecule has 0 heterocycles. The van der Waals surface area contributed by atoms with Gasteiger partial charge in [0.2, 0.25) is 0 Å². The quantitative estimate of drug-likeness (QED) is 0.825. The van der Waals surface area contributed by atoms with E-state index in [9.17, 15) is 13.2 Å². The minimum atomic E-state index is -4.63. The molecule has 112 valence electrons. The monoisotopic (exact) mass is 287 g/mol. The molecule has 0 radical (unpaired) electrons. The van der Waals surface area contributed by atoms with Crippen LogP contribution in [0.4, 0.5) is 18.9 Å². The third kappa shape index (κ3) is 5.31. The molecule has 1 aliphatic rings. The van der Waals surface area contributed by atoms with Crippen LogP contribution in [0.2, 0.25) is 0 Å². The van der Waals surface area contributed by atoms with Gasteiger partial charge in [-0.05, 0) is 36.6 Å². The van der Waals surface area contributed by atoms with E-state index < -0.39 is 6.36 Å². The van der Waals surface area contributed by atoms with Gasteiger partial charge in [0.15, 0.2) is 0 Å². The van der Waals surface area contributed by atoms with Gasteiger partial charge in [-0.1, -0.05) is 32.1 Å². The fraction of sp³-hybridized carbons (Fsp3) is 0.600. The van der Waals surface area contributed by atoms with Crippen molar-refractivity contribution in [1.82, 2.24) is 0 Å². The summed E-state index contributed by atoms with van der Waals surface area (Å²) in [5.74, 6) is 0.611. The summed E-state index contributed by atoms with van der Waals surface area (Å²) in [6.07, 6.45) is 3.11. The molecule has 1 aromatic rings. The molecule has 0 aliphatic heterocycles. The van der Waals surface area contributed by atoms with Gasteiger partial charge in [0.25, 0.3) is 0 Å². The Morgan fingerprint density at radius 2 is 1.70 bits per heavy atom. The molecule has 5 heteroatoms. The average Bonchev–Trinajstić information content (AvgIpc) is 2.40. The van der Waals surface area contributed by atoms with Crippen molar-refractivity contribution in [1.29, 1.82) is 0 Å². The standard InChI is InChI=1S/C15H20F3NO/c16-15(17,18)20-14-8-6-13(7-9-14)19-11-10-12-4-2-1-3-5-12/h6-9,12,19H,1-5,10-11H2. The van der Waals surface area contributed by atoms with Gasteiger partial charge in [-0.3, -0.25) is 0 Å². The molecule has 2 rings (SSSR count). The molecule has 1 N–H and O–H groups in total. The molecule has 20 heavy (non-hydrogen) atoms. The summed E-state index contributed by atoms with van der Waals surface area (Å²) in [6.45, 7) is 0.865. The summed E-state index contributed by atoms with van der Waals surface area (Å²) in [6, 6.07) is 5.89. The number of alkyl halides is 3. The highest BCUT2D eigenvalue weighted by atomic mass is 19.4. The minimum Gasteiger partial charge on any atom is -0.406 e. The van der Waals surface area contributed by atoms with Crippen LogP contribution in [0.15, 0.2) is 24.3 Å². The van der Waals surface area contributed by atoms with Crippen molar-refractivity contribution in [2.24, 2.45) is 5.92 Å². The van der Waals surface area contributed by atoms with Crippen LogP contribution in [-0.4, -0.2) is 12.9 Å². The van der Waals surface area contributed by atoms with Gasteiger partial charge < -0.3 is 10.1 Å².